The summed E-state index contributed by atoms with van der Waals surface area (Å²) in [5.41, 5.74) is 3.75. The number of benzene rings is 1. The largest absolute Gasteiger partial charge is 0.326 e. The second kappa shape index (κ2) is 6.97. The molecular formula is C19H22ClNO. The average molecular weight is 316 g/mol. The van der Waals surface area contributed by atoms with E-state index in [1.165, 1.54) is 0 Å². The number of allylic oxidation sites excluding steroid dienone is 3. The maximum Gasteiger partial charge on any atom is 0.255 e. The van der Waals surface area contributed by atoms with Gasteiger partial charge in [0, 0.05) is 16.3 Å². The van der Waals surface area contributed by atoms with E-state index >= 15 is 0 Å². The monoisotopic (exact) mass is 315 g/mol. The van der Waals surface area contributed by atoms with Crippen molar-refractivity contribution in [2.75, 3.05) is 0 Å². The third-order valence-electron chi connectivity index (χ3n) is 3.61. The van der Waals surface area contributed by atoms with Crippen LogP contribution < -0.4 is 5.32 Å². The standard InChI is InChI=1S/C19H22ClNO/c1-12(2)17-9-13(3)10-18(17)19(22)21-14(4)11-15-5-7-16(20)8-6-15/h5-13H,1-4H3,(H,21,22)/b14-11+. The minimum atomic E-state index is -0.0352. The molecule has 1 N–H and O–H groups in total. The lowest BCUT2D eigenvalue weighted by atomic mass is 9.97. The lowest BCUT2D eigenvalue weighted by Gasteiger charge is -2.12. The van der Waals surface area contributed by atoms with Crippen molar-refractivity contribution in [3.8, 4) is 0 Å². The highest BCUT2D eigenvalue weighted by molar-refractivity contribution is 6.30. The highest BCUT2D eigenvalue weighted by Gasteiger charge is 2.22. The van der Waals surface area contributed by atoms with Gasteiger partial charge in [-0.2, -0.15) is 0 Å². The predicted octanol–water partition coefficient (Wildman–Crippen LogP) is 4.98. The number of halogens is 1. The molecule has 116 valence electrons. The van der Waals surface area contributed by atoms with Crippen LogP contribution in [0.5, 0.6) is 0 Å². The molecule has 22 heavy (non-hydrogen) atoms. The molecule has 3 heteroatoms. The summed E-state index contributed by atoms with van der Waals surface area (Å²) in [5, 5.41) is 3.67. The smallest absolute Gasteiger partial charge is 0.255 e. The highest BCUT2D eigenvalue weighted by Crippen LogP contribution is 2.29. The zero-order chi connectivity index (χ0) is 16.3. The van der Waals surface area contributed by atoms with E-state index < -0.39 is 0 Å². The van der Waals surface area contributed by atoms with Gasteiger partial charge < -0.3 is 5.32 Å². The molecule has 0 aliphatic heterocycles. The number of carbonyl (C=O) groups excluding carboxylic acids is 1. The number of rotatable bonds is 4. The van der Waals surface area contributed by atoms with E-state index in [-0.39, 0.29) is 5.91 Å². The van der Waals surface area contributed by atoms with Crippen molar-refractivity contribution < 1.29 is 4.79 Å². The van der Waals surface area contributed by atoms with Gasteiger partial charge in [0.2, 0.25) is 0 Å². The second-order valence-corrected chi connectivity index (χ2v) is 6.49. The summed E-state index contributed by atoms with van der Waals surface area (Å²) in [5.74, 6) is 0.633. The minimum absolute atomic E-state index is 0.0352. The molecule has 0 heterocycles. The van der Waals surface area contributed by atoms with Crippen molar-refractivity contribution in [3.63, 3.8) is 0 Å². The first-order valence-corrected chi connectivity index (χ1v) is 7.93. The van der Waals surface area contributed by atoms with Crippen LogP contribution in [-0.4, -0.2) is 5.91 Å². The molecule has 0 spiro atoms. The summed E-state index contributed by atoms with van der Waals surface area (Å²) >= 11 is 5.87. The predicted molar refractivity (Wildman–Crippen MR) is 93.4 cm³/mol. The van der Waals surface area contributed by atoms with E-state index in [1.54, 1.807) is 0 Å². The van der Waals surface area contributed by atoms with Crippen molar-refractivity contribution in [3.05, 3.63) is 63.8 Å². The Morgan fingerprint density at radius 3 is 2.45 bits per heavy atom. The Morgan fingerprint density at radius 2 is 1.86 bits per heavy atom. The van der Waals surface area contributed by atoms with E-state index in [1.807, 2.05) is 43.3 Å². The number of carbonyl (C=O) groups is 1. The fourth-order valence-electron chi connectivity index (χ4n) is 2.58. The van der Waals surface area contributed by atoms with E-state index in [9.17, 15) is 4.79 Å². The van der Waals surface area contributed by atoms with Gasteiger partial charge >= 0.3 is 0 Å². The third kappa shape index (κ3) is 4.11. The summed E-state index contributed by atoms with van der Waals surface area (Å²) in [6.45, 7) is 8.21. The van der Waals surface area contributed by atoms with Gasteiger partial charge in [-0.05, 0) is 48.1 Å². The SMILES string of the molecule is C/C(=C\c1ccc(Cl)cc1)NC(=O)C1=CC(C)C=C1C(C)C. The number of hydrogen-bond donors (Lipinski definition) is 1. The van der Waals surface area contributed by atoms with Gasteiger partial charge in [-0.1, -0.05) is 56.7 Å². The normalized spacial score (nSPS) is 18.3. The van der Waals surface area contributed by atoms with Gasteiger partial charge in [-0.25, -0.2) is 0 Å². The average Bonchev–Trinajstić information content (AvgIpc) is 2.84. The molecule has 1 aromatic rings. The van der Waals surface area contributed by atoms with Crippen molar-refractivity contribution in [1.29, 1.82) is 0 Å². The molecule has 1 aliphatic carbocycles. The Morgan fingerprint density at radius 1 is 1.23 bits per heavy atom. The molecule has 2 rings (SSSR count). The highest BCUT2D eigenvalue weighted by atomic mass is 35.5. The summed E-state index contributed by atoms with van der Waals surface area (Å²) in [4.78, 5) is 12.5. The molecule has 1 atom stereocenters. The molecule has 0 saturated carbocycles. The summed E-state index contributed by atoms with van der Waals surface area (Å²) in [7, 11) is 0. The summed E-state index contributed by atoms with van der Waals surface area (Å²) in [6, 6.07) is 7.52. The Balaban J connectivity index is 2.10. The van der Waals surface area contributed by atoms with Crippen molar-refractivity contribution >= 4 is 23.6 Å². The van der Waals surface area contributed by atoms with Crippen LogP contribution >= 0.6 is 11.6 Å². The number of hydrogen-bond acceptors (Lipinski definition) is 1. The Kier molecular flexibility index (Phi) is 5.25. The van der Waals surface area contributed by atoms with Crippen molar-refractivity contribution in [1.82, 2.24) is 5.32 Å². The van der Waals surface area contributed by atoms with Gasteiger partial charge in [-0.3, -0.25) is 4.79 Å². The molecule has 1 unspecified atom stereocenters. The van der Waals surface area contributed by atoms with Crippen molar-refractivity contribution in [2.24, 2.45) is 11.8 Å². The molecule has 1 aliphatic rings. The zero-order valence-electron chi connectivity index (χ0n) is 13.5. The number of nitrogens with one attached hydrogen (secondary N) is 1. The van der Waals surface area contributed by atoms with Gasteiger partial charge in [-0.15, -0.1) is 0 Å². The van der Waals surface area contributed by atoms with Crippen LogP contribution in [0.25, 0.3) is 6.08 Å². The first-order chi connectivity index (χ1) is 10.4. The quantitative estimate of drug-likeness (QED) is 0.834. The fourth-order valence-corrected chi connectivity index (χ4v) is 2.71. The Labute approximate surface area is 137 Å². The summed E-state index contributed by atoms with van der Waals surface area (Å²) in [6.07, 6.45) is 6.13. The van der Waals surface area contributed by atoms with E-state index in [0.717, 1.165) is 22.4 Å². The minimum Gasteiger partial charge on any atom is -0.326 e. The molecule has 0 fully saturated rings. The lowest BCUT2D eigenvalue weighted by molar-refractivity contribution is -0.116. The molecule has 0 saturated heterocycles. The van der Waals surface area contributed by atoms with Crippen LogP contribution in [-0.2, 0) is 4.79 Å². The summed E-state index contributed by atoms with van der Waals surface area (Å²) < 4.78 is 0. The van der Waals surface area contributed by atoms with Crippen molar-refractivity contribution in [2.45, 2.75) is 27.7 Å². The Hall–Kier alpha value is -1.80. The van der Waals surface area contributed by atoms with E-state index in [0.29, 0.717) is 16.9 Å². The topological polar surface area (TPSA) is 29.1 Å². The lowest BCUT2D eigenvalue weighted by Crippen LogP contribution is -2.24. The van der Waals surface area contributed by atoms with Crippen LogP contribution in [0.3, 0.4) is 0 Å². The maximum atomic E-state index is 12.5. The van der Waals surface area contributed by atoms with E-state index in [2.05, 4.69) is 32.2 Å². The van der Waals surface area contributed by atoms with Gasteiger partial charge in [0.1, 0.15) is 0 Å². The van der Waals surface area contributed by atoms with Gasteiger partial charge in [0.05, 0.1) is 0 Å². The van der Waals surface area contributed by atoms with Crippen LogP contribution in [0, 0.1) is 11.8 Å². The molecule has 2 nitrogen and oxygen atoms in total. The molecule has 0 radical (unpaired) electrons. The molecule has 0 aromatic heterocycles. The van der Waals surface area contributed by atoms with Gasteiger partial charge in [0.25, 0.3) is 5.91 Å². The molecular weight excluding hydrogens is 294 g/mol. The zero-order valence-corrected chi connectivity index (χ0v) is 14.2. The van der Waals surface area contributed by atoms with Crippen LogP contribution in [0.2, 0.25) is 5.02 Å². The van der Waals surface area contributed by atoms with Crippen LogP contribution in [0.15, 0.2) is 53.3 Å². The molecule has 0 bridgehead atoms. The van der Waals surface area contributed by atoms with Crippen LogP contribution in [0.1, 0.15) is 33.3 Å². The third-order valence-corrected chi connectivity index (χ3v) is 3.87. The molecule has 1 aromatic carbocycles. The first-order valence-electron chi connectivity index (χ1n) is 7.56. The first kappa shape index (κ1) is 16.6. The Bertz CT molecular complexity index is 651. The van der Waals surface area contributed by atoms with Crippen LogP contribution in [0.4, 0.5) is 0 Å². The van der Waals surface area contributed by atoms with Gasteiger partial charge in [0.15, 0.2) is 0 Å². The second-order valence-electron chi connectivity index (χ2n) is 6.05. The maximum absolute atomic E-state index is 12.5. The number of amides is 1. The van der Waals surface area contributed by atoms with E-state index in [4.69, 9.17) is 11.6 Å². The molecule has 1 amide bonds. The fraction of sp³-hybridized carbons (Fsp3) is 0.316.